The van der Waals surface area contributed by atoms with Gasteiger partial charge in [0.05, 0.1) is 11.0 Å². The third-order valence-corrected chi connectivity index (χ3v) is 4.27. The molecule has 0 aliphatic heterocycles. The predicted molar refractivity (Wildman–Crippen MR) is 97.7 cm³/mol. The Bertz CT molecular complexity index is 1040. The number of carbonyl (C=O) groups excluding carboxylic acids is 1. The van der Waals surface area contributed by atoms with Gasteiger partial charge in [0, 0.05) is 17.4 Å². The molecule has 0 amide bonds. The summed E-state index contributed by atoms with van der Waals surface area (Å²) in [6, 6.07) is 15.7. The van der Waals surface area contributed by atoms with Crippen LogP contribution >= 0.6 is 0 Å². The highest BCUT2D eigenvalue weighted by Crippen LogP contribution is 2.28. The fraction of sp³-hybridized carbons (Fsp3) is 0.100. The number of hydrogen-bond donors (Lipinski definition) is 1. The number of H-pyrrole nitrogens is 1. The van der Waals surface area contributed by atoms with E-state index in [1.165, 1.54) is 5.56 Å². The van der Waals surface area contributed by atoms with Crippen LogP contribution in [0.2, 0.25) is 0 Å². The van der Waals surface area contributed by atoms with Crippen LogP contribution in [0.1, 0.15) is 22.8 Å². The van der Waals surface area contributed by atoms with Crippen molar-refractivity contribution < 1.29 is 4.79 Å². The van der Waals surface area contributed by atoms with Gasteiger partial charge in [-0.2, -0.15) is 5.10 Å². The van der Waals surface area contributed by atoms with Crippen molar-refractivity contribution in [3.63, 3.8) is 0 Å². The summed E-state index contributed by atoms with van der Waals surface area (Å²) in [5.74, 6) is 0.761. The number of aromatic nitrogens is 4. The lowest BCUT2D eigenvalue weighted by molar-refractivity contribution is 0.101. The fourth-order valence-electron chi connectivity index (χ4n) is 2.93. The molecular weight excluding hydrogens is 312 g/mol. The molecule has 0 atom stereocenters. The number of benzene rings is 2. The van der Waals surface area contributed by atoms with Gasteiger partial charge in [0.1, 0.15) is 5.69 Å². The molecule has 1 N–H and O–H groups in total. The van der Waals surface area contributed by atoms with Gasteiger partial charge >= 0.3 is 0 Å². The van der Waals surface area contributed by atoms with Crippen molar-refractivity contribution in [3.8, 4) is 17.2 Å². The highest BCUT2D eigenvalue weighted by atomic mass is 16.1. The summed E-state index contributed by atoms with van der Waals surface area (Å²) in [7, 11) is 0. The average Bonchev–Trinajstić information content (AvgIpc) is 3.28. The van der Waals surface area contributed by atoms with Crippen LogP contribution < -0.4 is 0 Å². The molecule has 0 bridgehead atoms. The van der Waals surface area contributed by atoms with E-state index >= 15 is 0 Å². The zero-order chi connectivity index (χ0) is 17.4. The highest BCUT2D eigenvalue weighted by molar-refractivity contribution is 5.98. The molecule has 0 saturated carbocycles. The van der Waals surface area contributed by atoms with Crippen LogP contribution in [0, 0.1) is 6.92 Å². The van der Waals surface area contributed by atoms with Crippen molar-refractivity contribution in [3.05, 3.63) is 72.8 Å². The lowest BCUT2D eigenvalue weighted by Gasteiger charge is -2.09. The zero-order valence-corrected chi connectivity index (χ0v) is 13.9. The predicted octanol–water partition coefficient (Wildman–Crippen LogP) is 3.99. The number of Topliss-reactive ketones (excluding diaryl/α,β-unsaturated/α-hetero) is 1. The number of hydrogen-bond acceptors (Lipinski definition) is 3. The van der Waals surface area contributed by atoms with Crippen LogP contribution in [-0.2, 0) is 6.42 Å². The normalized spacial score (nSPS) is 11.1. The monoisotopic (exact) mass is 329 g/mol. The topological polar surface area (TPSA) is 63.6 Å². The summed E-state index contributed by atoms with van der Waals surface area (Å²) in [5.41, 5.74) is 5.28. The van der Waals surface area contributed by atoms with Gasteiger partial charge in [-0.1, -0.05) is 12.1 Å². The summed E-state index contributed by atoms with van der Waals surface area (Å²) in [4.78, 5) is 16.4. The van der Waals surface area contributed by atoms with E-state index in [2.05, 4.69) is 46.0 Å². The lowest BCUT2D eigenvalue weighted by Crippen LogP contribution is -1.98. The van der Waals surface area contributed by atoms with Gasteiger partial charge in [-0.15, -0.1) is 0 Å². The van der Waals surface area contributed by atoms with Crippen molar-refractivity contribution in [1.82, 2.24) is 19.7 Å². The number of fused-ring (bicyclic) bond motifs is 1. The first kappa shape index (κ1) is 15.3. The van der Waals surface area contributed by atoms with E-state index in [4.69, 9.17) is 4.98 Å². The van der Waals surface area contributed by atoms with E-state index in [9.17, 15) is 4.79 Å². The molecule has 0 unspecified atom stereocenters. The molecule has 2 heterocycles. The fourth-order valence-corrected chi connectivity index (χ4v) is 2.93. The maximum Gasteiger partial charge on any atom is 0.166 e. The SMILES string of the molecule is [CH2]Cc1ccc(-n2c(-c3cc[nH]n3)nc3cc(C(C)=O)ccc32)cc1. The Morgan fingerprint density at radius 3 is 2.60 bits per heavy atom. The Kier molecular flexibility index (Phi) is 3.69. The molecule has 4 rings (SSSR count). The summed E-state index contributed by atoms with van der Waals surface area (Å²) in [5, 5.41) is 7.11. The number of imidazole rings is 1. The van der Waals surface area contributed by atoms with Crippen molar-refractivity contribution >= 4 is 16.8 Å². The molecule has 1 radical (unpaired) electrons. The van der Waals surface area contributed by atoms with E-state index in [0.717, 1.165) is 34.7 Å². The van der Waals surface area contributed by atoms with Crippen LogP contribution in [-0.4, -0.2) is 25.5 Å². The maximum atomic E-state index is 11.7. The number of carbonyl (C=O) groups is 1. The van der Waals surface area contributed by atoms with Crippen LogP contribution in [0.5, 0.6) is 0 Å². The quantitative estimate of drug-likeness (QED) is 0.576. The molecule has 0 aliphatic rings. The van der Waals surface area contributed by atoms with E-state index < -0.39 is 0 Å². The molecule has 5 nitrogen and oxygen atoms in total. The van der Waals surface area contributed by atoms with Crippen molar-refractivity contribution in [1.29, 1.82) is 0 Å². The highest BCUT2D eigenvalue weighted by Gasteiger charge is 2.16. The summed E-state index contributed by atoms with van der Waals surface area (Å²) in [6.45, 7) is 5.48. The third kappa shape index (κ3) is 2.63. The Labute approximate surface area is 145 Å². The second kappa shape index (κ2) is 6.02. The van der Waals surface area contributed by atoms with Crippen LogP contribution in [0.4, 0.5) is 0 Å². The largest absolute Gasteiger partial charge is 0.295 e. The van der Waals surface area contributed by atoms with Gasteiger partial charge in [0.15, 0.2) is 11.6 Å². The first-order valence-electron chi connectivity index (χ1n) is 8.09. The van der Waals surface area contributed by atoms with Gasteiger partial charge in [0.2, 0.25) is 0 Å². The molecule has 123 valence electrons. The molecular formula is C20H17N4O. The Hall–Kier alpha value is -3.21. The van der Waals surface area contributed by atoms with Crippen molar-refractivity contribution in [2.45, 2.75) is 13.3 Å². The van der Waals surface area contributed by atoms with E-state index in [1.54, 1.807) is 13.1 Å². The molecule has 5 heteroatoms. The Morgan fingerprint density at radius 2 is 1.96 bits per heavy atom. The number of ketones is 1. The number of nitrogens with one attached hydrogen (secondary N) is 1. The second-order valence-electron chi connectivity index (χ2n) is 5.91. The van der Waals surface area contributed by atoms with E-state index in [0.29, 0.717) is 5.56 Å². The van der Waals surface area contributed by atoms with Crippen molar-refractivity contribution in [2.24, 2.45) is 0 Å². The molecule has 25 heavy (non-hydrogen) atoms. The van der Waals surface area contributed by atoms with Gasteiger partial charge in [-0.3, -0.25) is 14.5 Å². The number of aromatic amines is 1. The van der Waals surface area contributed by atoms with Crippen LogP contribution in [0.15, 0.2) is 54.7 Å². The van der Waals surface area contributed by atoms with Gasteiger partial charge in [-0.05, 0) is 62.2 Å². The van der Waals surface area contributed by atoms with Gasteiger partial charge in [0.25, 0.3) is 0 Å². The molecule has 0 spiro atoms. The minimum absolute atomic E-state index is 0.0255. The van der Waals surface area contributed by atoms with Crippen LogP contribution in [0.3, 0.4) is 0 Å². The summed E-state index contributed by atoms with van der Waals surface area (Å²) in [6.07, 6.45) is 2.52. The molecule has 0 aliphatic carbocycles. The maximum absolute atomic E-state index is 11.7. The Morgan fingerprint density at radius 1 is 1.16 bits per heavy atom. The van der Waals surface area contributed by atoms with Crippen molar-refractivity contribution in [2.75, 3.05) is 0 Å². The van der Waals surface area contributed by atoms with Crippen LogP contribution in [0.25, 0.3) is 28.2 Å². The first-order chi connectivity index (χ1) is 12.2. The molecule has 0 fully saturated rings. The second-order valence-corrected chi connectivity index (χ2v) is 5.91. The smallest absolute Gasteiger partial charge is 0.166 e. The van der Waals surface area contributed by atoms with E-state index in [-0.39, 0.29) is 5.78 Å². The number of rotatable bonds is 4. The third-order valence-electron chi connectivity index (χ3n) is 4.27. The standard InChI is InChI=1S/C20H17N4O/c1-3-14-4-7-16(8-5-14)24-19-9-6-15(13(2)25)12-18(19)22-20(24)17-10-11-21-23-17/h4-12H,1,3H2,2H3,(H,21,23). The lowest BCUT2D eigenvalue weighted by atomic mass is 10.1. The molecule has 2 aromatic heterocycles. The van der Waals surface area contributed by atoms with Gasteiger partial charge in [-0.25, -0.2) is 4.98 Å². The minimum Gasteiger partial charge on any atom is -0.295 e. The zero-order valence-electron chi connectivity index (χ0n) is 13.9. The Balaban J connectivity index is 1.98. The minimum atomic E-state index is 0.0255. The van der Waals surface area contributed by atoms with E-state index in [1.807, 2.05) is 24.3 Å². The average molecular weight is 329 g/mol. The molecule has 0 saturated heterocycles. The van der Waals surface area contributed by atoms with Gasteiger partial charge < -0.3 is 0 Å². The molecule has 4 aromatic rings. The molecule has 2 aromatic carbocycles. The first-order valence-corrected chi connectivity index (χ1v) is 8.09. The summed E-state index contributed by atoms with van der Waals surface area (Å²) >= 11 is 0. The summed E-state index contributed by atoms with van der Waals surface area (Å²) < 4.78 is 2.06. The number of nitrogens with zero attached hydrogens (tertiary/aromatic N) is 3.